The Morgan fingerprint density at radius 2 is 2.24 bits per heavy atom. The Balaban J connectivity index is 2.30. The first kappa shape index (κ1) is 12.3. The van der Waals surface area contributed by atoms with Gasteiger partial charge < -0.3 is 5.73 Å². The Morgan fingerprint density at radius 3 is 2.76 bits per heavy atom. The predicted octanol–water partition coefficient (Wildman–Crippen LogP) is 1.08. The van der Waals surface area contributed by atoms with E-state index in [1.54, 1.807) is 6.07 Å². The van der Waals surface area contributed by atoms with Gasteiger partial charge in [-0.25, -0.2) is 13.4 Å². The van der Waals surface area contributed by atoms with Gasteiger partial charge in [-0.3, -0.25) is 0 Å². The van der Waals surface area contributed by atoms with Crippen molar-refractivity contribution in [1.29, 1.82) is 0 Å². The third kappa shape index (κ3) is 2.58. The normalized spacial score (nSPS) is 16.4. The van der Waals surface area contributed by atoms with Crippen LogP contribution >= 0.6 is 0 Å². The molecule has 0 unspecified atom stereocenters. The number of hydrogen-bond donors (Lipinski definition) is 1. The van der Waals surface area contributed by atoms with Crippen LogP contribution in [0.4, 0.5) is 5.82 Å². The summed E-state index contributed by atoms with van der Waals surface area (Å²) in [5, 5.41) is 0. The van der Waals surface area contributed by atoms with E-state index in [-0.39, 0.29) is 10.7 Å². The van der Waals surface area contributed by atoms with Gasteiger partial charge in [-0.15, -0.1) is 0 Å². The highest BCUT2D eigenvalue weighted by Crippen LogP contribution is 2.32. The summed E-state index contributed by atoms with van der Waals surface area (Å²) in [4.78, 5) is 3.94. The smallest absolute Gasteiger partial charge is 0.246 e. The molecule has 17 heavy (non-hydrogen) atoms. The van der Waals surface area contributed by atoms with E-state index in [1.165, 1.54) is 16.6 Å². The van der Waals surface area contributed by atoms with Crippen LogP contribution in [0, 0.1) is 5.92 Å². The second-order valence-electron chi connectivity index (χ2n) is 4.29. The van der Waals surface area contributed by atoms with Gasteiger partial charge in [0.05, 0.1) is 0 Å². The second-order valence-corrected chi connectivity index (χ2v) is 6.19. The van der Waals surface area contributed by atoms with Crippen LogP contribution in [0.15, 0.2) is 23.2 Å². The molecule has 1 aliphatic carbocycles. The number of nitrogens with zero attached hydrogens (tertiary/aromatic N) is 2. The highest BCUT2D eigenvalue weighted by molar-refractivity contribution is 7.89. The van der Waals surface area contributed by atoms with Crippen molar-refractivity contribution >= 4 is 15.8 Å². The molecule has 1 aliphatic rings. The molecule has 1 aromatic heterocycles. The summed E-state index contributed by atoms with van der Waals surface area (Å²) in [6, 6.07) is 3.10. The topological polar surface area (TPSA) is 76.3 Å². The average Bonchev–Trinajstić information content (AvgIpc) is 3.09. The van der Waals surface area contributed by atoms with Gasteiger partial charge in [-0.05, 0) is 30.9 Å². The molecule has 0 spiro atoms. The number of pyridine rings is 1. The molecule has 1 aromatic rings. The molecule has 5 nitrogen and oxygen atoms in total. The Hall–Kier alpha value is -1.14. The van der Waals surface area contributed by atoms with Crippen molar-refractivity contribution in [3.05, 3.63) is 18.3 Å². The summed E-state index contributed by atoms with van der Waals surface area (Å²) in [7, 11) is -3.49. The van der Waals surface area contributed by atoms with Gasteiger partial charge in [0.1, 0.15) is 10.7 Å². The predicted molar refractivity (Wildman–Crippen MR) is 65.8 cm³/mol. The molecule has 0 aromatic carbocycles. The zero-order valence-corrected chi connectivity index (χ0v) is 10.7. The molecule has 0 amide bonds. The molecule has 0 aliphatic heterocycles. The first-order valence-corrected chi connectivity index (χ1v) is 7.20. The number of sulfonamides is 1. The zero-order chi connectivity index (χ0) is 12.5. The maximum atomic E-state index is 12.4. The highest BCUT2D eigenvalue weighted by Gasteiger charge is 2.31. The zero-order valence-electron chi connectivity index (χ0n) is 9.83. The largest absolute Gasteiger partial charge is 0.383 e. The van der Waals surface area contributed by atoms with Gasteiger partial charge in [0.15, 0.2) is 0 Å². The van der Waals surface area contributed by atoms with Crippen LogP contribution in [0.2, 0.25) is 0 Å². The molecule has 0 atom stereocenters. The van der Waals surface area contributed by atoms with Gasteiger partial charge in [0.2, 0.25) is 10.0 Å². The van der Waals surface area contributed by atoms with E-state index in [1.807, 2.05) is 6.92 Å². The number of anilines is 1. The van der Waals surface area contributed by atoms with Crippen LogP contribution in [0.1, 0.15) is 19.8 Å². The molecule has 94 valence electrons. The molecule has 1 fully saturated rings. The first-order chi connectivity index (χ1) is 8.05. The van der Waals surface area contributed by atoms with E-state index in [2.05, 4.69) is 4.98 Å². The van der Waals surface area contributed by atoms with E-state index >= 15 is 0 Å². The Labute approximate surface area is 102 Å². The molecule has 2 rings (SSSR count). The van der Waals surface area contributed by atoms with Crippen molar-refractivity contribution in [3.63, 3.8) is 0 Å². The molecule has 1 saturated carbocycles. The van der Waals surface area contributed by atoms with Gasteiger partial charge in [-0.1, -0.05) is 6.92 Å². The number of nitrogen functional groups attached to an aromatic ring is 1. The fraction of sp³-hybridized carbons (Fsp3) is 0.545. The van der Waals surface area contributed by atoms with Crippen LogP contribution < -0.4 is 5.73 Å². The lowest BCUT2D eigenvalue weighted by Crippen LogP contribution is -2.33. The minimum atomic E-state index is -3.49. The molecule has 2 N–H and O–H groups in total. The minimum Gasteiger partial charge on any atom is -0.383 e. The monoisotopic (exact) mass is 255 g/mol. The van der Waals surface area contributed by atoms with E-state index in [0.29, 0.717) is 19.0 Å². The standard InChI is InChI=1S/C11H17N3O2S/c1-2-14(8-9-5-6-9)17(15,16)10-4-3-7-13-11(10)12/h3-4,7,9H,2,5-6,8H2,1H3,(H2,12,13). The van der Waals surface area contributed by atoms with Crippen LogP contribution in [-0.4, -0.2) is 30.8 Å². The molecule has 0 radical (unpaired) electrons. The van der Waals surface area contributed by atoms with Gasteiger partial charge in [-0.2, -0.15) is 4.31 Å². The fourth-order valence-corrected chi connectivity index (χ4v) is 3.34. The lowest BCUT2D eigenvalue weighted by molar-refractivity contribution is 0.412. The molecule has 0 saturated heterocycles. The van der Waals surface area contributed by atoms with Gasteiger partial charge >= 0.3 is 0 Å². The van der Waals surface area contributed by atoms with Crippen LogP contribution in [0.3, 0.4) is 0 Å². The van der Waals surface area contributed by atoms with Crippen LogP contribution in [-0.2, 0) is 10.0 Å². The van der Waals surface area contributed by atoms with E-state index < -0.39 is 10.0 Å². The quantitative estimate of drug-likeness (QED) is 0.854. The third-order valence-electron chi connectivity index (χ3n) is 2.93. The lowest BCUT2D eigenvalue weighted by Gasteiger charge is -2.20. The maximum absolute atomic E-state index is 12.4. The molecule has 6 heteroatoms. The van der Waals surface area contributed by atoms with Crippen molar-refractivity contribution in [3.8, 4) is 0 Å². The Bertz CT molecular complexity index is 497. The van der Waals surface area contributed by atoms with Crippen LogP contribution in [0.25, 0.3) is 0 Å². The Kier molecular flexibility index (Phi) is 3.35. The van der Waals surface area contributed by atoms with Gasteiger partial charge in [0.25, 0.3) is 0 Å². The summed E-state index contributed by atoms with van der Waals surface area (Å²) in [5.74, 6) is 0.587. The number of hydrogen-bond acceptors (Lipinski definition) is 4. The number of nitrogens with two attached hydrogens (primary N) is 1. The van der Waals surface area contributed by atoms with Crippen molar-refractivity contribution in [2.75, 3.05) is 18.8 Å². The first-order valence-electron chi connectivity index (χ1n) is 5.76. The van der Waals surface area contributed by atoms with Crippen molar-refractivity contribution in [2.45, 2.75) is 24.7 Å². The third-order valence-corrected chi connectivity index (χ3v) is 4.92. The minimum absolute atomic E-state index is 0.0711. The summed E-state index contributed by atoms with van der Waals surface area (Å²) >= 11 is 0. The lowest BCUT2D eigenvalue weighted by atomic mass is 10.4. The number of rotatable bonds is 5. The summed E-state index contributed by atoms with van der Waals surface area (Å²) in [5.41, 5.74) is 5.63. The number of aromatic nitrogens is 1. The van der Waals surface area contributed by atoms with Crippen LogP contribution in [0.5, 0.6) is 0 Å². The SMILES string of the molecule is CCN(CC1CC1)S(=O)(=O)c1cccnc1N. The second kappa shape index (κ2) is 4.62. The Morgan fingerprint density at radius 1 is 1.53 bits per heavy atom. The van der Waals surface area contributed by atoms with Crippen molar-refractivity contribution < 1.29 is 8.42 Å². The molecular formula is C11H17N3O2S. The van der Waals surface area contributed by atoms with Crippen molar-refractivity contribution in [2.24, 2.45) is 5.92 Å². The highest BCUT2D eigenvalue weighted by atomic mass is 32.2. The average molecular weight is 255 g/mol. The van der Waals surface area contributed by atoms with Gasteiger partial charge in [0, 0.05) is 19.3 Å². The fourth-order valence-electron chi connectivity index (χ4n) is 1.75. The van der Waals surface area contributed by atoms with E-state index in [4.69, 9.17) is 5.73 Å². The van der Waals surface area contributed by atoms with Crippen molar-refractivity contribution in [1.82, 2.24) is 9.29 Å². The molecular weight excluding hydrogens is 238 g/mol. The van der Waals surface area contributed by atoms with E-state index in [9.17, 15) is 8.42 Å². The molecule has 0 bridgehead atoms. The van der Waals surface area contributed by atoms with E-state index in [0.717, 1.165) is 12.8 Å². The molecule has 1 heterocycles. The summed E-state index contributed by atoms with van der Waals surface area (Å²) in [6.07, 6.45) is 3.73. The summed E-state index contributed by atoms with van der Waals surface area (Å²) < 4.78 is 26.2. The maximum Gasteiger partial charge on any atom is 0.246 e. The summed E-state index contributed by atoms with van der Waals surface area (Å²) in [6.45, 7) is 2.90.